The summed E-state index contributed by atoms with van der Waals surface area (Å²) in [6, 6.07) is 10.3. The van der Waals surface area contributed by atoms with E-state index in [1.54, 1.807) is 13.0 Å². The minimum absolute atomic E-state index is 0.212. The van der Waals surface area contributed by atoms with Crippen molar-refractivity contribution >= 4 is 28.5 Å². The molecule has 0 spiro atoms. The van der Waals surface area contributed by atoms with Gasteiger partial charge in [-0.3, -0.25) is 14.4 Å². The highest BCUT2D eigenvalue weighted by Crippen LogP contribution is 2.21. The molecule has 2 aromatic heterocycles. The predicted molar refractivity (Wildman–Crippen MR) is 111 cm³/mol. The van der Waals surface area contributed by atoms with Crippen molar-refractivity contribution in [1.29, 1.82) is 0 Å². The Bertz CT molecular complexity index is 1080. The molecule has 0 aliphatic carbocycles. The van der Waals surface area contributed by atoms with Gasteiger partial charge in [-0.05, 0) is 44.2 Å². The Morgan fingerprint density at radius 3 is 2.72 bits per heavy atom. The summed E-state index contributed by atoms with van der Waals surface area (Å²) in [6.45, 7) is 3.10. The third-order valence-corrected chi connectivity index (χ3v) is 4.51. The number of nitrogens with zero attached hydrogens (tertiary/aromatic N) is 2. The van der Waals surface area contributed by atoms with Crippen molar-refractivity contribution in [3.63, 3.8) is 0 Å². The zero-order valence-electron chi connectivity index (χ0n) is 16.3. The number of nitrogens with two attached hydrogens (primary N) is 1. The number of aromatic nitrogens is 2. The number of hydrogen-bond acceptors (Lipinski definition) is 5. The molecule has 2 heterocycles. The quantitative estimate of drug-likeness (QED) is 0.566. The highest BCUT2D eigenvalue weighted by atomic mass is 16.5. The fraction of sp³-hybridized carbons (Fsp3) is 0.286. The summed E-state index contributed by atoms with van der Waals surface area (Å²) in [5, 5.41) is 3.63. The van der Waals surface area contributed by atoms with Gasteiger partial charge in [0.1, 0.15) is 6.54 Å². The molecule has 1 aromatic carbocycles. The number of hydrogen-bond donors (Lipinski definition) is 2. The van der Waals surface area contributed by atoms with Crippen LogP contribution in [0, 0.1) is 0 Å². The number of pyridine rings is 1. The number of fused-ring (bicyclic) bond motifs is 1. The second-order valence-corrected chi connectivity index (χ2v) is 6.53. The van der Waals surface area contributed by atoms with Crippen molar-refractivity contribution < 1.29 is 14.3 Å². The molecule has 3 aromatic rings. The van der Waals surface area contributed by atoms with Gasteiger partial charge in [-0.25, -0.2) is 0 Å². The third-order valence-electron chi connectivity index (χ3n) is 4.51. The Hall–Kier alpha value is -3.39. The molecule has 0 bridgehead atoms. The Kier molecular flexibility index (Phi) is 6.46. The Balaban J connectivity index is 1.83. The van der Waals surface area contributed by atoms with E-state index in [2.05, 4.69) is 9.88 Å². The van der Waals surface area contributed by atoms with Crippen LogP contribution in [0.15, 0.2) is 53.6 Å². The maximum Gasteiger partial charge on any atom is 0.326 e. The van der Waals surface area contributed by atoms with Gasteiger partial charge >= 0.3 is 5.97 Å². The van der Waals surface area contributed by atoms with Crippen LogP contribution < -0.4 is 16.6 Å². The van der Waals surface area contributed by atoms with Gasteiger partial charge < -0.3 is 24.9 Å². The SMILES string of the molecule is CCOC(=O)Cn1cc(NC(=O)c2cccc3c2ccn3CCCN)ccc1=O. The van der Waals surface area contributed by atoms with Gasteiger partial charge in [0.25, 0.3) is 11.5 Å². The summed E-state index contributed by atoms with van der Waals surface area (Å²) < 4.78 is 8.15. The molecular formula is C21H24N4O4. The van der Waals surface area contributed by atoms with Crippen LogP contribution in [0.5, 0.6) is 0 Å². The summed E-state index contributed by atoms with van der Waals surface area (Å²) in [5.41, 5.74) is 7.14. The number of carbonyl (C=O) groups excluding carboxylic acids is 2. The van der Waals surface area contributed by atoms with E-state index in [4.69, 9.17) is 10.5 Å². The fourth-order valence-electron chi connectivity index (χ4n) is 3.15. The van der Waals surface area contributed by atoms with Crippen LogP contribution in [-0.2, 0) is 22.6 Å². The second kappa shape index (κ2) is 9.20. The van der Waals surface area contributed by atoms with Gasteiger partial charge in [-0.2, -0.15) is 0 Å². The molecule has 152 valence electrons. The number of aryl methyl sites for hydroxylation is 1. The molecule has 8 heteroatoms. The lowest BCUT2D eigenvalue weighted by molar-refractivity contribution is -0.143. The largest absolute Gasteiger partial charge is 0.465 e. The Morgan fingerprint density at radius 1 is 1.14 bits per heavy atom. The van der Waals surface area contributed by atoms with Crippen LogP contribution in [0.25, 0.3) is 10.9 Å². The molecule has 0 radical (unpaired) electrons. The van der Waals surface area contributed by atoms with Crippen molar-refractivity contribution in [1.82, 2.24) is 9.13 Å². The van der Waals surface area contributed by atoms with E-state index in [0.717, 1.165) is 23.9 Å². The van der Waals surface area contributed by atoms with Gasteiger partial charge in [-0.15, -0.1) is 0 Å². The number of esters is 1. The summed E-state index contributed by atoms with van der Waals surface area (Å²) in [4.78, 5) is 36.5. The first kappa shape index (κ1) is 20.3. The van der Waals surface area contributed by atoms with E-state index in [1.165, 1.54) is 22.9 Å². The van der Waals surface area contributed by atoms with Crippen molar-refractivity contribution in [3.05, 3.63) is 64.7 Å². The lowest BCUT2D eigenvalue weighted by atomic mass is 10.1. The summed E-state index contributed by atoms with van der Waals surface area (Å²) in [6.07, 6.45) is 4.22. The number of ether oxygens (including phenoxy) is 1. The first-order valence-electron chi connectivity index (χ1n) is 9.49. The second-order valence-electron chi connectivity index (χ2n) is 6.53. The molecule has 3 N–H and O–H groups in total. The van der Waals surface area contributed by atoms with Gasteiger partial charge in [0.05, 0.1) is 12.3 Å². The Morgan fingerprint density at radius 2 is 1.97 bits per heavy atom. The molecular weight excluding hydrogens is 372 g/mol. The molecule has 0 aliphatic rings. The maximum atomic E-state index is 12.9. The van der Waals surface area contributed by atoms with Crippen LogP contribution >= 0.6 is 0 Å². The highest BCUT2D eigenvalue weighted by molar-refractivity contribution is 6.12. The lowest BCUT2D eigenvalue weighted by Gasteiger charge is -2.10. The van der Waals surface area contributed by atoms with E-state index in [9.17, 15) is 14.4 Å². The smallest absolute Gasteiger partial charge is 0.326 e. The maximum absolute atomic E-state index is 12.9. The third kappa shape index (κ3) is 4.72. The van der Waals surface area contributed by atoms with Crippen molar-refractivity contribution in [2.24, 2.45) is 5.73 Å². The molecule has 0 aliphatic heterocycles. The van der Waals surface area contributed by atoms with E-state index in [0.29, 0.717) is 17.8 Å². The molecule has 0 saturated carbocycles. The number of amides is 1. The zero-order valence-corrected chi connectivity index (χ0v) is 16.3. The topological polar surface area (TPSA) is 108 Å². The molecule has 0 saturated heterocycles. The van der Waals surface area contributed by atoms with Crippen molar-refractivity contribution in [2.75, 3.05) is 18.5 Å². The van der Waals surface area contributed by atoms with Gasteiger partial charge in [0.15, 0.2) is 0 Å². The number of anilines is 1. The fourth-order valence-corrected chi connectivity index (χ4v) is 3.15. The van der Waals surface area contributed by atoms with Gasteiger partial charge in [-0.1, -0.05) is 6.07 Å². The van der Waals surface area contributed by atoms with E-state index >= 15 is 0 Å². The van der Waals surface area contributed by atoms with Gasteiger partial charge in [0.2, 0.25) is 0 Å². The Labute approximate surface area is 167 Å². The first-order chi connectivity index (χ1) is 14.0. The molecule has 1 amide bonds. The highest BCUT2D eigenvalue weighted by Gasteiger charge is 2.13. The molecule has 8 nitrogen and oxygen atoms in total. The molecule has 0 unspecified atom stereocenters. The number of nitrogens with one attached hydrogen (secondary N) is 1. The van der Waals surface area contributed by atoms with E-state index in [1.807, 2.05) is 24.4 Å². The van der Waals surface area contributed by atoms with Crippen LogP contribution in [0.1, 0.15) is 23.7 Å². The first-order valence-corrected chi connectivity index (χ1v) is 9.49. The monoisotopic (exact) mass is 396 g/mol. The van der Waals surface area contributed by atoms with Crippen LogP contribution in [-0.4, -0.2) is 34.2 Å². The summed E-state index contributed by atoms with van der Waals surface area (Å²) in [5.74, 6) is -0.810. The number of carbonyl (C=O) groups is 2. The number of rotatable bonds is 8. The molecule has 29 heavy (non-hydrogen) atoms. The predicted octanol–water partition coefficient (Wildman–Crippen LogP) is 1.97. The normalized spacial score (nSPS) is 10.8. The summed E-state index contributed by atoms with van der Waals surface area (Å²) in [7, 11) is 0. The molecule has 0 atom stereocenters. The van der Waals surface area contributed by atoms with Crippen LogP contribution in [0.3, 0.4) is 0 Å². The van der Waals surface area contributed by atoms with E-state index < -0.39 is 5.97 Å². The zero-order chi connectivity index (χ0) is 20.8. The van der Waals surface area contributed by atoms with Crippen molar-refractivity contribution in [3.8, 4) is 0 Å². The minimum Gasteiger partial charge on any atom is -0.465 e. The lowest BCUT2D eigenvalue weighted by Crippen LogP contribution is -2.25. The van der Waals surface area contributed by atoms with Crippen molar-refractivity contribution in [2.45, 2.75) is 26.4 Å². The molecule has 0 fully saturated rings. The average Bonchev–Trinajstić information content (AvgIpc) is 3.12. The van der Waals surface area contributed by atoms with Crippen LogP contribution in [0.4, 0.5) is 5.69 Å². The van der Waals surface area contributed by atoms with Crippen LogP contribution in [0.2, 0.25) is 0 Å². The van der Waals surface area contributed by atoms with E-state index in [-0.39, 0.29) is 24.6 Å². The molecule has 3 rings (SSSR count). The standard InChI is InChI=1S/C21H24N4O4/c1-2-29-20(27)14-25-13-15(7-8-19(25)26)23-21(28)17-5-3-6-18-16(17)9-12-24(18)11-4-10-22/h3,5-9,12-13H,2,4,10-11,14,22H2,1H3,(H,23,28). The summed E-state index contributed by atoms with van der Waals surface area (Å²) >= 11 is 0. The number of benzene rings is 1. The minimum atomic E-state index is -0.512. The average molecular weight is 396 g/mol. The van der Waals surface area contributed by atoms with Gasteiger partial charge in [0, 0.05) is 41.5 Å².